The van der Waals surface area contributed by atoms with Crippen LogP contribution in [0.1, 0.15) is 12.5 Å². The number of hydrogen-bond acceptors (Lipinski definition) is 6. The van der Waals surface area contributed by atoms with Crippen LogP contribution in [0.2, 0.25) is 0 Å². The van der Waals surface area contributed by atoms with Crippen molar-refractivity contribution in [2.45, 2.75) is 6.92 Å². The summed E-state index contributed by atoms with van der Waals surface area (Å²) in [5.74, 6) is 0.0962. The first-order valence-electron chi connectivity index (χ1n) is 8.84. The molecule has 0 radical (unpaired) electrons. The minimum absolute atomic E-state index is 0.0162. The zero-order valence-electron chi connectivity index (χ0n) is 15.7. The molecule has 2 amide bonds. The predicted octanol–water partition coefficient (Wildman–Crippen LogP) is 2.81. The molecule has 1 aliphatic heterocycles. The second-order valence-corrected chi connectivity index (χ2v) is 5.97. The molecule has 1 N–H and O–H groups in total. The van der Waals surface area contributed by atoms with Gasteiger partial charge in [0.1, 0.15) is 23.9 Å². The van der Waals surface area contributed by atoms with Gasteiger partial charge in [-0.15, -0.1) is 0 Å². The third kappa shape index (κ3) is 3.93. The molecule has 1 aliphatic rings. The Morgan fingerprint density at radius 3 is 2.04 bits per heavy atom. The molecule has 28 heavy (non-hydrogen) atoms. The van der Waals surface area contributed by atoms with Crippen LogP contribution in [-0.4, -0.2) is 48.7 Å². The molecule has 0 aromatic heterocycles. The molecule has 0 spiro atoms. The van der Waals surface area contributed by atoms with E-state index in [1.165, 1.54) is 0 Å². The van der Waals surface area contributed by atoms with Gasteiger partial charge in [-0.2, -0.15) is 0 Å². The fourth-order valence-electron chi connectivity index (χ4n) is 2.84. The van der Waals surface area contributed by atoms with E-state index in [9.17, 15) is 14.7 Å². The predicted molar refractivity (Wildman–Crippen MR) is 102 cm³/mol. The molecule has 2 aromatic carbocycles. The quantitative estimate of drug-likeness (QED) is 0.706. The van der Waals surface area contributed by atoms with Gasteiger partial charge in [-0.05, 0) is 48.9 Å². The van der Waals surface area contributed by atoms with E-state index in [2.05, 4.69) is 0 Å². The van der Waals surface area contributed by atoms with Gasteiger partial charge < -0.3 is 19.3 Å². The molecule has 0 fully saturated rings. The van der Waals surface area contributed by atoms with Crippen LogP contribution in [0.25, 0.3) is 5.57 Å². The lowest BCUT2D eigenvalue weighted by molar-refractivity contribution is -0.138. The van der Waals surface area contributed by atoms with Gasteiger partial charge in [-0.3, -0.25) is 14.5 Å². The zero-order chi connectivity index (χ0) is 20.1. The number of ether oxygens (including phenoxy) is 3. The van der Waals surface area contributed by atoms with Crippen molar-refractivity contribution < 1.29 is 28.9 Å². The second kappa shape index (κ2) is 8.47. The van der Waals surface area contributed by atoms with Gasteiger partial charge in [0, 0.05) is 0 Å². The van der Waals surface area contributed by atoms with Crippen LogP contribution in [0.15, 0.2) is 54.3 Å². The summed E-state index contributed by atoms with van der Waals surface area (Å²) in [6.07, 6.45) is 0. The van der Waals surface area contributed by atoms with E-state index in [0.29, 0.717) is 29.4 Å². The maximum Gasteiger partial charge on any atom is 0.296 e. The average Bonchev–Trinajstić information content (AvgIpc) is 2.93. The van der Waals surface area contributed by atoms with Crippen molar-refractivity contribution in [2.75, 3.05) is 26.9 Å². The van der Waals surface area contributed by atoms with Crippen molar-refractivity contribution in [2.24, 2.45) is 0 Å². The molecule has 2 aromatic rings. The van der Waals surface area contributed by atoms with E-state index in [-0.39, 0.29) is 18.7 Å². The summed E-state index contributed by atoms with van der Waals surface area (Å²) in [7, 11) is 1.57. The number of imide groups is 1. The van der Waals surface area contributed by atoms with E-state index in [1.54, 1.807) is 55.6 Å². The van der Waals surface area contributed by atoms with Gasteiger partial charge in [0.15, 0.2) is 5.76 Å². The van der Waals surface area contributed by atoms with E-state index in [1.807, 2.05) is 6.92 Å². The molecule has 0 atom stereocenters. The number of methoxy groups -OCH3 is 1. The highest BCUT2D eigenvalue weighted by atomic mass is 16.5. The molecule has 7 heteroatoms. The fourth-order valence-corrected chi connectivity index (χ4v) is 2.84. The van der Waals surface area contributed by atoms with Crippen LogP contribution < -0.4 is 14.2 Å². The molecular weight excluding hydrogens is 362 g/mol. The Kier molecular flexibility index (Phi) is 5.84. The number of nitrogens with zero attached hydrogens (tertiary/aromatic N) is 1. The van der Waals surface area contributed by atoms with Crippen molar-refractivity contribution in [3.05, 3.63) is 59.9 Å². The third-order valence-corrected chi connectivity index (χ3v) is 4.24. The Morgan fingerprint density at radius 1 is 0.857 bits per heavy atom. The number of amides is 2. The minimum atomic E-state index is -0.729. The smallest absolute Gasteiger partial charge is 0.296 e. The summed E-state index contributed by atoms with van der Waals surface area (Å²) in [6.45, 7) is 2.52. The van der Waals surface area contributed by atoms with Gasteiger partial charge in [0.2, 0.25) is 0 Å². The van der Waals surface area contributed by atoms with Gasteiger partial charge in [-0.1, -0.05) is 12.1 Å². The van der Waals surface area contributed by atoms with Crippen molar-refractivity contribution in [1.29, 1.82) is 0 Å². The minimum Gasteiger partial charge on any atom is -0.502 e. The molecule has 0 saturated carbocycles. The summed E-state index contributed by atoms with van der Waals surface area (Å²) in [4.78, 5) is 25.9. The third-order valence-electron chi connectivity index (χ3n) is 4.24. The van der Waals surface area contributed by atoms with Gasteiger partial charge >= 0.3 is 0 Å². The molecule has 1 heterocycles. The number of benzene rings is 2. The Bertz CT molecular complexity index is 886. The summed E-state index contributed by atoms with van der Waals surface area (Å²) >= 11 is 0. The lowest BCUT2D eigenvalue weighted by Crippen LogP contribution is -2.35. The largest absolute Gasteiger partial charge is 0.502 e. The summed E-state index contributed by atoms with van der Waals surface area (Å²) in [5, 5.41) is 10.2. The highest BCUT2D eigenvalue weighted by Crippen LogP contribution is 2.29. The molecule has 0 bridgehead atoms. The second-order valence-electron chi connectivity index (χ2n) is 5.97. The Morgan fingerprint density at radius 2 is 1.43 bits per heavy atom. The van der Waals surface area contributed by atoms with E-state index in [0.717, 1.165) is 4.90 Å². The maximum absolute atomic E-state index is 12.6. The first-order valence-corrected chi connectivity index (χ1v) is 8.84. The van der Waals surface area contributed by atoms with E-state index in [4.69, 9.17) is 14.2 Å². The number of aliphatic hydroxyl groups is 1. The Balaban J connectivity index is 1.64. The van der Waals surface area contributed by atoms with Crippen LogP contribution in [0, 0.1) is 0 Å². The van der Waals surface area contributed by atoms with E-state index < -0.39 is 17.6 Å². The van der Waals surface area contributed by atoms with Crippen molar-refractivity contribution in [1.82, 2.24) is 4.90 Å². The van der Waals surface area contributed by atoms with Gasteiger partial charge in [0.25, 0.3) is 11.8 Å². The highest BCUT2D eigenvalue weighted by molar-refractivity contribution is 6.34. The Labute approximate surface area is 162 Å². The van der Waals surface area contributed by atoms with Crippen LogP contribution in [0.3, 0.4) is 0 Å². The monoisotopic (exact) mass is 383 g/mol. The molecule has 146 valence electrons. The SMILES string of the molecule is CCOc1ccc(C2=C(O)C(=O)N(CCOc3ccc(OC)cc3)C2=O)cc1. The standard InChI is InChI=1S/C21H21NO6/c1-3-27-16-6-4-14(5-7-16)18-19(23)21(25)22(20(18)24)12-13-28-17-10-8-15(26-2)9-11-17/h4-11,23H,3,12-13H2,1-2H3. The molecule has 0 aliphatic carbocycles. The van der Waals surface area contributed by atoms with Crippen LogP contribution in [0.4, 0.5) is 0 Å². The van der Waals surface area contributed by atoms with Crippen LogP contribution >= 0.6 is 0 Å². The number of carbonyl (C=O) groups is 2. The lowest BCUT2D eigenvalue weighted by Gasteiger charge is -2.15. The van der Waals surface area contributed by atoms with Crippen LogP contribution in [-0.2, 0) is 9.59 Å². The summed E-state index contributed by atoms with van der Waals surface area (Å²) in [5.41, 5.74) is 0.440. The average molecular weight is 383 g/mol. The molecule has 7 nitrogen and oxygen atoms in total. The molecule has 0 unspecified atom stereocenters. The topological polar surface area (TPSA) is 85.3 Å². The first kappa shape index (κ1) is 19.3. The first-order chi connectivity index (χ1) is 13.5. The number of aliphatic hydroxyl groups excluding tert-OH is 1. The van der Waals surface area contributed by atoms with Gasteiger partial charge in [-0.25, -0.2) is 0 Å². The van der Waals surface area contributed by atoms with Gasteiger partial charge in [0.05, 0.1) is 25.8 Å². The Hall–Kier alpha value is -3.48. The van der Waals surface area contributed by atoms with Crippen molar-refractivity contribution in [3.63, 3.8) is 0 Å². The van der Waals surface area contributed by atoms with E-state index >= 15 is 0 Å². The lowest BCUT2D eigenvalue weighted by atomic mass is 10.1. The number of hydrogen-bond donors (Lipinski definition) is 1. The zero-order valence-corrected chi connectivity index (χ0v) is 15.7. The summed E-state index contributed by atoms with van der Waals surface area (Å²) in [6, 6.07) is 13.6. The molecule has 0 saturated heterocycles. The normalized spacial score (nSPS) is 13.9. The highest BCUT2D eigenvalue weighted by Gasteiger charge is 2.39. The number of carbonyl (C=O) groups excluding carboxylic acids is 2. The molecule has 3 rings (SSSR count). The summed E-state index contributed by atoms with van der Waals surface area (Å²) < 4.78 is 16.0. The van der Waals surface area contributed by atoms with Crippen molar-refractivity contribution >= 4 is 17.4 Å². The molecular formula is C21H21NO6. The number of rotatable bonds is 8. The fraction of sp³-hybridized carbons (Fsp3) is 0.238. The van der Waals surface area contributed by atoms with Crippen molar-refractivity contribution in [3.8, 4) is 17.2 Å². The van der Waals surface area contributed by atoms with Crippen LogP contribution in [0.5, 0.6) is 17.2 Å². The maximum atomic E-state index is 12.6.